The van der Waals surface area contributed by atoms with Crippen molar-refractivity contribution >= 4 is 12.0 Å². The van der Waals surface area contributed by atoms with Crippen molar-refractivity contribution in [1.29, 1.82) is 0 Å². The monoisotopic (exact) mass is 398 g/mol. The van der Waals surface area contributed by atoms with E-state index in [-0.39, 0.29) is 30.4 Å². The second kappa shape index (κ2) is 7.83. The third-order valence-electron chi connectivity index (χ3n) is 4.76. The van der Waals surface area contributed by atoms with Gasteiger partial charge in [0.15, 0.2) is 0 Å². The Morgan fingerprint density at radius 3 is 2.54 bits per heavy atom. The van der Waals surface area contributed by atoms with Crippen LogP contribution in [-0.4, -0.2) is 43.3 Å². The smallest absolute Gasteiger partial charge is 0.416 e. The molecule has 1 aromatic carbocycles. The first-order chi connectivity index (χ1) is 13.3. The zero-order valence-corrected chi connectivity index (χ0v) is 15.5. The van der Waals surface area contributed by atoms with E-state index in [0.29, 0.717) is 5.70 Å². The van der Waals surface area contributed by atoms with Gasteiger partial charge in [-0.25, -0.2) is 9.59 Å². The first-order valence-corrected chi connectivity index (χ1v) is 8.88. The highest BCUT2D eigenvalue weighted by Crippen LogP contribution is 2.41. The van der Waals surface area contributed by atoms with E-state index in [1.807, 2.05) is 0 Å². The van der Waals surface area contributed by atoms with Crippen molar-refractivity contribution < 1.29 is 32.2 Å². The van der Waals surface area contributed by atoms with Crippen LogP contribution in [0, 0.1) is 0 Å². The number of urea groups is 1. The minimum Gasteiger partial charge on any atom is -0.460 e. The normalized spacial score (nSPS) is 20.2. The maximum Gasteiger partial charge on any atom is 0.416 e. The number of ether oxygens (including phenoxy) is 2. The van der Waals surface area contributed by atoms with Crippen molar-refractivity contribution in [3.63, 3.8) is 0 Å². The summed E-state index contributed by atoms with van der Waals surface area (Å²) < 4.78 is 50.6. The summed E-state index contributed by atoms with van der Waals surface area (Å²) in [6.07, 6.45) is -3.07. The number of nitrogens with zero attached hydrogens (tertiary/aromatic N) is 1. The second-order valence-electron chi connectivity index (χ2n) is 6.70. The first-order valence-electron chi connectivity index (χ1n) is 8.88. The number of benzene rings is 1. The van der Waals surface area contributed by atoms with Gasteiger partial charge in [0, 0.05) is 18.8 Å². The van der Waals surface area contributed by atoms with Gasteiger partial charge in [0.2, 0.25) is 0 Å². The van der Waals surface area contributed by atoms with Gasteiger partial charge in [0.05, 0.1) is 23.8 Å². The third-order valence-corrected chi connectivity index (χ3v) is 4.76. The van der Waals surface area contributed by atoms with Crippen LogP contribution in [0.15, 0.2) is 35.5 Å². The summed E-state index contributed by atoms with van der Waals surface area (Å²) in [7, 11) is 1.44. The summed E-state index contributed by atoms with van der Waals surface area (Å²) in [5.41, 5.74) is -0.790. The molecule has 0 radical (unpaired) electrons. The summed E-state index contributed by atoms with van der Waals surface area (Å²) in [6, 6.07) is 3.06. The van der Waals surface area contributed by atoms with Crippen LogP contribution in [0.1, 0.15) is 36.9 Å². The molecule has 1 heterocycles. The van der Waals surface area contributed by atoms with Crippen LogP contribution in [0.5, 0.6) is 0 Å². The number of carbonyl (C=O) groups excluding carboxylic acids is 2. The number of nitrogens with one attached hydrogen (secondary N) is 1. The predicted molar refractivity (Wildman–Crippen MR) is 93.1 cm³/mol. The van der Waals surface area contributed by atoms with E-state index in [1.54, 1.807) is 6.92 Å². The highest BCUT2D eigenvalue weighted by atomic mass is 19.4. The van der Waals surface area contributed by atoms with Gasteiger partial charge < -0.3 is 14.8 Å². The molecule has 0 bridgehead atoms. The van der Waals surface area contributed by atoms with Crippen LogP contribution < -0.4 is 5.32 Å². The molecule has 6 nitrogen and oxygen atoms in total. The standard InChI is InChI=1S/C19H21F3N2O4/c1-11-15(17(25)28-10-9-27-2)16(23-18(26)24(11)12-7-8-12)13-5-3-4-6-14(13)19(20,21)22/h3-6,12,16H,7-10H2,1-2H3,(H,23,26)/t16-/m0/s1. The molecule has 1 N–H and O–H groups in total. The van der Waals surface area contributed by atoms with Crippen LogP contribution in [0.25, 0.3) is 0 Å². The Morgan fingerprint density at radius 1 is 1.25 bits per heavy atom. The number of hydrogen-bond donors (Lipinski definition) is 1. The summed E-state index contributed by atoms with van der Waals surface area (Å²) in [5, 5.41) is 2.57. The molecular formula is C19H21F3N2O4. The van der Waals surface area contributed by atoms with Crippen molar-refractivity contribution in [2.45, 2.75) is 38.0 Å². The van der Waals surface area contributed by atoms with Gasteiger partial charge in [0.1, 0.15) is 6.61 Å². The molecule has 1 aliphatic heterocycles. The molecule has 1 aliphatic carbocycles. The fraction of sp³-hybridized carbons (Fsp3) is 0.474. The van der Waals surface area contributed by atoms with E-state index in [4.69, 9.17) is 9.47 Å². The minimum atomic E-state index is -4.63. The molecule has 1 aromatic rings. The molecule has 1 atom stereocenters. The molecule has 1 saturated carbocycles. The van der Waals surface area contributed by atoms with Gasteiger partial charge in [-0.3, -0.25) is 4.90 Å². The SMILES string of the molecule is COCCOC(=O)C1=C(C)N(C2CC2)C(=O)N[C@H]1c1ccccc1C(F)(F)F. The van der Waals surface area contributed by atoms with Crippen molar-refractivity contribution in [3.05, 3.63) is 46.7 Å². The zero-order chi connectivity index (χ0) is 20.5. The molecular weight excluding hydrogens is 377 g/mol. The number of allylic oxidation sites excluding steroid dienone is 1. The van der Waals surface area contributed by atoms with Gasteiger partial charge in [-0.2, -0.15) is 13.2 Å². The lowest BCUT2D eigenvalue weighted by Crippen LogP contribution is -2.49. The fourth-order valence-electron chi connectivity index (χ4n) is 3.33. The van der Waals surface area contributed by atoms with E-state index < -0.39 is 29.8 Å². The highest BCUT2D eigenvalue weighted by molar-refractivity contribution is 5.95. The summed E-state index contributed by atoms with van der Waals surface area (Å²) in [6.45, 7) is 1.67. The van der Waals surface area contributed by atoms with Gasteiger partial charge in [-0.1, -0.05) is 18.2 Å². The molecule has 0 saturated heterocycles. The molecule has 9 heteroatoms. The van der Waals surface area contributed by atoms with Crippen LogP contribution in [0.2, 0.25) is 0 Å². The van der Waals surface area contributed by atoms with Crippen LogP contribution in [-0.2, 0) is 20.4 Å². The number of alkyl halides is 3. The molecule has 0 unspecified atom stereocenters. The Balaban J connectivity index is 2.06. The molecule has 2 aliphatic rings. The van der Waals surface area contributed by atoms with Crippen LogP contribution in [0.3, 0.4) is 0 Å². The molecule has 2 amide bonds. The topological polar surface area (TPSA) is 67.9 Å². The average Bonchev–Trinajstić information content (AvgIpc) is 3.45. The Kier molecular flexibility index (Phi) is 5.64. The van der Waals surface area contributed by atoms with E-state index in [0.717, 1.165) is 18.9 Å². The number of carbonyl (C=O) groups is 2. The Labute approximate surface area is 160 Å². The lowest BCUT2D eigenvalue weighted by Gasteiger charge is -2.36. The van der Waals surface area contributed by atoms with Crippen LogP contribution >= 0.6 is 0 Å². The number of hydrogen-bond acceptors (Lipinski definition) is 4. The molecule has 152 valence electrons. The van der Waals surface area contributed by atoms with Crippen molar-refractivity contribution in [2.24, 2.45) is 0 Å². The third kappa shape index (κ3) is 3.99. The molecule has 3 rings (SSSR count). The van der Waals surface area contributed by atoms with Crippen molar-refractivity contribution in [1.82, 2.24) is 10.2 Å². The fourth-order valence-corrected chi connectivity index (χ4v) is 3.33. The predicted octanol–water partition coefficient (Wildman–Crippen LogP) is 3.40. The lowest BCUT2D eigenvalue weighted by atomic mass is 9.91. The number of methoxy groups -OCH3 is 1. The van der Waals surface area contributed by atoms with E-state index in [1.165, 1.54) is 30.2 Å². The summed E-state index contributed by atoms with van der Waals surface area (Å²) >= 11 is 0. The number of rotatable bonds is 6. The van der Waals surface area contributed by atoms with Gasteiger partial charge in [-0.15, -0.1) is 0 Å². The van der Waals surface area contributed by atoms with Crippen molar-refractivity contribution in [2.75, 3.05) is 20.3 Å². The molecule has 28 heavy (non-hydrogen) atoms. The first kappa shape index (κ1) is 20.2. The molecule has 0 aromatic heterocycles. The largest absolute Gasteiger partial charge is 0.460 e. The number of esters is 1. The molecule has 1 fully saturated rings. The van der Waals surface area contributed by atoms with E-state index in [2.05, 4.69) is 5.32 Å². The zero-order valence-electron chi connectivity index (χ0n) is 15.5. The lowest BCUT2D eigenvalue weighted by molar-refractivity contribution is -0.142. The average molecular weight is 398 g/mol. The number of amides is 2. The highest BCUT2D eigenvalue weighted by Gasteiger charge is 2.45. The molecule has 0 spiro atoms. The van der Waals surface area contributed by atoms with Gasteiger partial charge in [-0.05, 0) is 31.4 Å². The Morgan fingerprint density at radius 2 is 1.93 bits per heavy atom. The van der Waals surface area contributed by atoms with Gasteiger partial charge >= 0.3 is 18.2 Å². The van der Waals surface area contributed by atoms with Gasteiger partial charge in [0.25, 0.3) is 0 Å². The quantitative estimate of drug-likeness (QED) is 0.589. The maximum absolute atomic E-state index is 13.5. The summed E-state index contributed by atoms with van der Waals surface area (Å²) in [4.78, 5) is 26.7. The summed E-state index contributed by atoms with van der Waals surface area (Å²) in [5.74, 6) is -0.776. The second-order valence-corrected chi connectivity index (χ2v) is 6.70. The number of halogens is 3. The Bertz CT molecular complexity index is 803. The van der Waals surface area contributed by atoms with E-state index in [9.17, 15) is 22.8 Å². The van der Waals surface area contributed by atoms with E-state index >= 15 is 0 Å². The Hall–Kier alpha value is -2.55. The van der Waals surface area contributed by atoms with Crippen LogP contribution in [0.4, 0.5) is 18.0 Å². The van der Waals surface area contributed by atoms with Crippen molar-refractivity contribution in [3.8, 4) is 0 Å². The maximum atomic E-state index is 13.5. The minimum absolute atomic E-state index is 0.000645.